The monoisotopic (exact) mass is 343 g/mol. The SMILES string of the molecule is CCc1nc(N)c(C)c(Oc2cc(Br)cc(F)c2F)n1. The summed E-state index contributed by atoms with van der Waals surface area (Å²) in [6, 6.07) is 2.34. The molecule has 0 unspecified atom stereocenters. The summed E-state index contributed by atoms with van der Waals surface area (Å²) in [5.41, 5.74) is 6.21. The van der Waals surface area contributed by atoms with Crippen LogP contribution in [0.4, 0.5) is 14.6 Å². The van der Waals surface area contributed by atoms with E-state index in [1.54, 1.807) is 6.92 Å². The Labute approximate surface area is 123 Å². The minimum absolute atomic E-state index is 0.116. The molecule has 20 heavy (non-hydrogen) atoms. The predicted octanol–water partition coefficient (Wildman–Crippen LogP) is 3.76. The number of rotatable bonds is 3. The van der Waals surface area contributed by atoms with Gasteiger partial charge in [-0.1, -0.05) is 22.9 Å². The van der Waals surface area contributed by atoms with Crippen molar-refractivity contribution in [1.29, 1.82) is 0 Å². The molecule has 0 atom stereocenters. The number of halogens is 3. The van der Waals surface area contributed by atoms with Crippen molar-refractivity contribution in [3.63, 3.8) is 0 Å². The maximum Gasteiger partial charge on any atom is 0.227 e. The van der Waals surface area contributed by atoms with E-state index < -0.39 is 11.6 Å². The molecule has 0 aliphatic rings. The maximum atomic E-state index is 13.7. The van der Waals surface area contributed by atoms with E-state index >= 15 is 0 Å². The van der Waals surface area contributed by atoms with Crippen LogP contribution in [0.5, 0.6) is 11.6 Å². The minimum atomic E-state index is -1.08. The third-order valence-corrected chi connectivity index (χ3v) is 3.13. The molecule has 0 aliphatic carbocycles. The zero-order valence-corrected chi connectivity index (χ0v) is 12.5. The lowest BCUT2D eigenvalue weighted by Gasteiger charge is -2.11. The number of hydrogen-bond donors (Lipinski definition) is 1. The normalized spacial score (nSPS) is 10.7. The minimum Gasteiger partial charge on any atom is -0.435 e. The van der Waals surface area contributed by atoms with Crippen molar-refractivity contribution in [1.82, 2.24) is 9.97 Å². The predicted molar refractivity (Wildman–Crippen MR) is 74.7 cm³/mol. The van der Waals surface area contributed by atoms with Crippen LogP contribution in [0, 0.1) is 18.6 Å². The van der Waals surface area contributed by atoms with Crippen molar-refractivity contribution in [2.75, 3.05) is 5.73 Å². The molecule has 106 valence electrons. The lowest BCUT2D eigenvalue weighted by molar-refractivity contribution is 0.401. The van der Waals surface area contributed by atoms with Gasteiger partial charge in [-0.2, -0.15) is 9.37 Å². The Hall–Kier alpha value is -1.76. The lowest BCUT2D eigenvalue weighted by atomic mass is 10.3. The molecule has 1 aromatic carbocycles. The van der Waals surface area contributed by atoms with Crippen LogP contribution in [0.2, 0.25) is 0 Å². The maximum absolute atomic E-state index is 13.7. The number of nitrogen functional groups attached to an aromatic ring is 1. The van der Waals surface area contributed by atoms with Gasteiger partial charge in [0.05, 0.1) is 5.56 Å². The van der Waals surface area contributed by atoms with Gasteiger partial charge < -0.3 is 10.5 Å². The summed E-state index contributed by atoms with van der Waals surface area (Å²) in [5.74, 6) is -1.51. The van der Waals surface area contributed by atoms with Crippen molar-refractivity contribution in [2.45, 2.75) is 20.3 Å². The molecule has 0 aliphatic heterocycles. The van der Waals surface area contributed by atoms with E-state index in [0.717, 1.165) is 6.07 Å². The van der Waals surface area contributed by atoms with Crippen LogP contribution in [0.3, 0.4) is 0 Å². The number of ether oxygens (including phenoxy) is 1. The molecule has 1 heterocycles. The van der Waals surface area contributed by atoms with E-state index in [0.29, 0.717) is 22.3 Å². The zero-order chi connectivity index (χ0) is 14.9. The fourth-order valence-corrected chi connectivity index (χ4v) is 1.94. The Morgan fingerprint density at radius 3 is 2.65 bits per heavy atom. The van der Waals surface area contributed by atoms with E-state index in [9.17, 15) is 8.78 Å². The molecule has 0 saturated carbocycles. The lowest BCUT2D eigenvalue weighted by Crippen LogP contribution is -2.05. The molecule has 0 amide bonds. The van der Waals surface area contributed by atoms with Crippen molar-refractivity contribution < 1.29 is 13.5 Å². The number of aryl methyl sites for hydroxylation is 1. The highest BCUT2D eigenvalue weighted by molar-refractivity contribution is 9.10. The fourth-order valence-electron chi connectivity index (χ4n) is 1.53. The molecular weight excluding hydrogens is 332 g/mol. The van der Waals surface area contributed by atoms with Crippen LogP contribution in [0.1, 0.15) is 18.3 Å². The molecule has 2 aromatic rings. The average Bonchev–Trinajstić information content (AvgIpc) is 2.40. The molecule has 0 saturated heterocycles. The van der Waals surface area contributed by atoms with Gasteiger partial charge in [0, 0.05) is 10.9 Å². The van der Waals surface area contributed by atoms with Gasteiger partial charge >= 0.3 is 0 Å². The van der Waals surface area contributed by atoms with Crippen LogP contribution in [0.15, 0.2) is 16.6 Å². The number of hydrogen-bond acceptors (Lipinski definition) is 4. The van der Waals surface area contributed by atoms with Crippen molar-refractivity contribution in [3.8, 4) is 11.6 Å². The summed E-state index contributed by atoms with van der Waals surface area (Å²) >= 11 is 3.08. The van der Waals surface area contributed by atoms with Gasteiger partial charge in [-0.05, 0) is 19.1 Å². The van der Waals surface area contributed by atoms with Crippen LogP contribution in [-0.2, 0) is 6.42 Å². The molecule has 0 radical (unpaired) electrons. The van der Waals surface area contributed by atoms with Gasteiger partial charge in [0.25, 0.3) is 0 Å². The highest BCUT2D eigenvalue weighted by atomic mass is 79.9. The number of benzene rings is 1. The first-order chi connectivity index (χ1) is 9.42. The molecule has 2 rings (SSSR count). The van der Waals surface area contributed by atoms with Crippen LogP contribution < -0.4 is 10.5 Å². The number of nitrogens with zero attached hydrogens (tertiary/aromatic N) is 2. The smallest absolute Gasteiger partial charge is 0.227 e. The largest absolute Gasteiger partial charge is 0.435 e. The molecule has 0 bridgehead atoms. The quantitative estimate of drug-likeness (QED) is 0.862. The fraction of sp³-hybridized carbons (Fsp3) is 0.231. The van der Waals surface area contributed by atoms with E-state index in [1.807, 2.05) is 6.92 Å². The third kappa shape index (κ3) is 2.87. The van der Waals surface area contributed by atoms with Crippen LogP contribution in [0.25, 0.3) is 0 Å². The second-order valence-electron chi connectivity index (χ2n) is 4.11. The van der Waals surface area contributed by atoms with Gasteiger partial charge in [0.2, 0.25) is 11.7 Å². The Kier molecular flexibility index (Phi) is 4.17. The molecule has 2 N–H and O–H groups in total. The number of nitrogens with two attached hydrogens (primary N) is 1. The summed E-state index contributed by atoms with van der Waals surface area (Å²) in [6.45, 7) is 3.50. The van der Waals surface area contributed by atoms with E-state index in [-0.39, 0.29) is 17.4 Å². The van der Waals surface area contributed by atoms with Gasteiger partial charge in [0.15, 0.2) is 11.6 Å². The summed E-state index contributed by atoms with van der Waals surface area (Å²) < 4.78 is 32.7. The molecule has 0 fully saturated rings. The Morgan fingerprint density at radius 2 is 2.00 bits per heavy atom. The number of aromatic nitrogens is 2. The highest BCUT2D eigenvalue weighted by Crippen LogP contribution is 2.31. The summed E-state index contributed by atoms with van der Waals surface area (Å²) in [7, 11) is 0. The topological polar surface area (TPSA) is 61.0 Å². The van der Waals surface area contributed by atoms with Gasteiger partial charge in [0.1, 0.15) is 11.6 Å². The standard InChI is InChI=1S/C13H12BrF2N3O/c1-3-10-18-12(17)6(2)13(19-10)20-9-5-7(14)4-8(15)11(9)16/h4-5H,3H2,1-2H3,(H2,17,18,19). The second-order valence-corrected chi connectivity index (χ2v) is 5.03. The van der Waals surface area contributed by atoms with Crippen molar-refractivity contribution in [3.05, 3.63) is 39.6 Å². The van der Waals surface area contributed by atoms with Crippen molar-refractivity contribution >= 4 is 21.7 Å². The van der Waals surface area contributed by atoms with Crippen molar-refractivity contribution in [2.24, 2.45) is 0 Å². The van der Waals surface area contributed by atoms with Gasteiger partial charge in [-0.3, -0.25) is 0 Å². The summed E-state index contributed by atoms with van der Waals surface area (Å²) in [4.78, 5) is 8.19. The Morgan fingerprint density at radius 1 is 1.30 bits per heavy atom. The van der Waals surface area contributed by atoms with Crippen LogP contribution >= 0.6 is 15.9 Å². The number of anilines is 1. The first-order valence-electron chi connectivity index (χ1n) is 5.87. The van der Waals surface area contributed by atoms with E-state index in [2.05, 4.69) is 25.9 Å². The summed E-state index contributed by atoms with van der Waals surface area (Å²) in [6.07, 6.45) is 0.552. The Balaban J connectivity index is 2.47. The first kappa shape index (κ1) is 14.6. The second kappa shape index (κ2) is 5.70. The highest BCUT2D eigenvalue weighted by Gasteiger charge is 2.16. The molecular formula is C13H12BrF2N3O. The molecule has 7 heteroatoms. The molecule has 0 spiro atoms. The average molecular weight is 344 g/mol. The van der Waals surface area contributed by atoms with Gasteiger partial charge in [-0.15, -0.1) is 0 Å². The Bertz CT molecular complexity index is 665. The molecule has 1 aromatic heterocycles. The van der Waals surface area contributed by atoms with Crippen LogP contribution in [-0.4, -0.2) is 9.97 Å². The summed E-state index contributed by atoms with van der Waals surface area (Å²) in [5, 5.41) is 0. The van der Waals surface area contributed by atoms with E-state index in [1.165, 1.54) is 6.07 Å². The third-order valence-electron chi connectivity index (χ3n) is 2.67. The zero-order valence-electron chi connectivity index (χ0n) is 10.9. The first-order valence-corrected chi connectivity index (χ1v) is 6.67. The van der Waals surface area contributed by atoms with E-state index in [4.69, 9.17) is 10.5 Å². The molecule has 4 nitrogen and oxygen atoms in total. The van der Waals surface area contributed by atoms with Gasteiger partial charge in [-0.25, -0.2) is 9.37 Å².